The molecule has 0 saturated carbocycles. The van der Waals surface area contributed by atoms with Gasteiger partial charge in [0.15, 0.2) is 0 Å². The Morgan fingerprint density at radius 2 is 1.68 bits per heavy atom. The molecule has 2 N–H and O–H groups in total. The number of fused-ring (bicyclic) bond motifs is 1. The van der Waals surface area contributed by atoms with E-state index < -0.39 is 16.0 Å². The van der Waals surface area contributed by atoms with Crippen molar-refractivity contribution in [1.82, 2.24) is 9.71 Å². The average molecular weight is 729 g/mol. The Morgan fingerprint density at radius 1 is 0.932 bits per heavy atom. The summed E-state index contributed by atoms with van der Waals surface area (Å²) in [5, 5.41) is 11.1. The van der Waals surface area contributed by atoms with Crippen molar-refractivity contribution in [2.45, 2.75) is 15.9 Å². The Morgan fingerprint density at radius 3 is 2.43 bits per heavy atom. The maximum atomic E-state index is 13.1. The Bertz CT molecular complexity index is 1970. The van der Waals surface area contributed by atoms with E-state index in [-0.39, 0.29) is 22.3 Å². The van der Waals surface area contributed by atoms with Gasteiger partial charge in [0, 0.05) is 37.5 Å². The molecular weight excluding hydrogens is 703 g/mol. The molecule has 1 aromatic heterocycles. The van der Waals surface area contributed by atoms with Crippen molar-refractivity contribution in [1.29, 1.82) is 0 Å². The van der Waals surface area contributed by atoms with E-state index in [1.165, 1.54) is 24.3 Å². The van der Waals surface area contributed by atoms with Gasteiger partial charge in [-0.15, -0.1) is 11.8 Å². The summed E-state index contributed by atoms with van der Waals surface area (Å²) in [6, 6.07) is 28.3. The fourth-order valence-corrected chi connectivity index (χ4v) is 7.71. The molecule has 0 aliphatic rings. The van der Waals surface area contributed by atoms with Gasteiger partial charge in [-0.05, 0) is 77.4 Å². The molecule has 0 radical (unpaired) electrons. The number of aromatic carboxylic acids is 1. The van der Waals surface area contributed by atoms with Crippen molar-refractivity contribution in [3.05, 3.63) is 140 Å². The molecule has 11 heteroatoms. The van der Waals surface area contributed by atoms with Gasteiger partial charge in [0.25, 0.3) is 0 Å². The van der Waals surface area contributed by atoms with Gasteiger partial charge in [0.2, 0.25) is 10.0 Å². The van der Waals surface area contributed by atoms with Crippen LogP contribution in [0.4, 0.5) is 0 Å². The van der Waals surface area contributed by atoms with E-state index in [1.54, 1.807) is 30.0 Å². The first-order valence-corrected chi connectivity index (χ1v) is 17.4. The number of hydrogen-bond acceptors (Lipinski definition) is 5. The number of aromatic nitrogens is 1. The third-order valence-electron chi connectivity index (χ3n) is 6.73. The molecule has 5 rings (SSSR count). The molecule has 4 aromatic carbocycles. The molecule has 224 valence electrons. The van der Waals surface area contributed by atoms with Crippen LogP contribution in [0.3, 0.4) is 0 Å². The molecule has 0 spiro atoms. The molecule has 0 bridgehead atoms. The van der Waals surface area contributed by atoms with E-state index in [4.69, 9.17) is 23.2 Å². The number of nitrogens with zero attached hydrogens (tertiary/aromatic N) is 1. The summed E-state index contributed by atoms with van der Waals surface area (Å²) in [5.74, 6) is -0.496. The number of sulfonamides is 1. The number of carbonyl (C=O) groups is 1. The lowest BCUT2D eigenvalue weighted by atomic mass is 10.1. The summed E-state index contributed by atoms with van der Waals surface area (Å²) in [4.78, 5) is 16.2. The van der Waals surface area contributed by atoms with Crippen molar-refractivity contribution < 1.29 is 18.3 Å². The summed E-state index contributed by atoms with van der Waals surface area (Å²) in [5.41, 5.74) is 4.51. The molecule has 1 unspecified atom stereocenters. The van der Waals surface area contributed by atoms with Crippen LogP contribution in [0.25, 0.3) is 23.1 Å². The monoisotopic (exact) mass is 726 g/mol. The number of carboxylic acid groups (broad SMARTS) is 1. The number of thioether (sulfide) groups is 1. The van der Waals surface area contributed by atoms with Crippen LogP contribution in [0, 0.1) is 0 Å². The minimum atomic E-state index is -3.79. The van der Waals surface area contributed by atoms with Crippen LogP contribution in [0.2, 0.25) is 10.0 Å². The highest BCUT2D eigenvalue weighted by Gasteiger charge is 2.20. The predicted octanol–water partition coefficient (Wildman–Crippen LogP) is 9.13. The van der Waals surface area contributed by atoms with E-state index in [0.717, 1.165) is 33.3 Å². The standard InChI is InChI=1S/C33H25BrCl2N2O4S2/c34-30-17-24(33(39)40)5-6-25(30)20-43-32(19-37-44(41,42)29-14-10-26(35)11-15-29)23-3-1-2-21(16-23)4-12-28-13-8-22-7-9-27(36)18-31(22)38-28/h1-18,32,37H,19-20H2,(H,39,40)/b12-4+. The van der Waals surface area contributed by atoms with E-state index in [0.29, 0.717) is 20.3 Å². The van der Waals surface area contributed by atoms with Crippen molar-refractivity contribution in [3.8, 4) is 0 Å². The molecule has 44 heavy (non-hydrogen) atoms. The number of benzene rings is 4. The Kier molecular flexibility index (Phi) is 10.5. The van der Waals surface area contributed by atoms with Gasteiger partial charge in [0.1, 0.15) is 0 Å². The molecular formula is C33H25BrCl2N2O4S2. The Hall–Kier alpha value is -3.18. The zero-order chi connectivity index (χ0) is 31.3. The number of nitrogens with one attached hydrogen (secondary N) is 1. The summed E-state index contributed by atoms with van der Waals surface area (Å²) < 4.78 is 29.6. The average Bonchev–Trinajstić information content (AvgIpc) is 3.00. The quantitative estimate of drug-likeness (QED) is 0.141. The van der Waals surface area contributed by atoms with Crippen molar-refractivity contribution in [2.75, 3.05) is 6.54 Å². The van der Waals surface area contributed by atoms with E-state index >= 15 is 0 Å². The van der Waals surface area contributed by atoms with Gasteiger partial charge in [0.05, 0.1) is 21.7 Å². The first-order chi connectivity index (χ1) is 21.1. The molecule has 0 fully saturated rings. The summed E-state index contributed by atoms with van der Waals surface area (Å²) in [6.07, 6.45) is 3.88. The van der Waals surface area contributed by atoms with Gasteiger partial charge in [-0.3, -0.25) is 0 Å². The maximum Gasteiger partial charge on any atom is 0.335 e. The number of hydrogen-bond donors (Lipinski definition) is 2. The number of halogens is 3. The second-order valence-electron chi connectivity index (χ2n) is 9.79. The SMILES string of the molecule is O=C(O)c1ccc(CSC(CNS(=O)(=O)c2ccc(Cl)cc2)c2cccc(/C=C/c3ccc4ccc(Cl)cc4n3)c2)c(Br)c1. The maximum absolute atomic E-state index is 13.1. The predicted molar refractivity (Wildman–Crippen MR) is 184 cm³/mol. The second-order valence-corrected chi connectivity index (χ2v) is 14.5. The van der Waals surface area contributed by atoms with Crippen molar-refractivity contribution in [3.63, 3.8) is 0 Å². The van der Waals surface area contributed by atoms with Crippen LogP contribution in [-0.4, -0.2) is 31.0 Å². The fraction of sp³-hybridized carbons (Fsp3) is 0.0909. The van der Waals surface area contributed by atoms with Gasteiger partial charge in [-0.1, -0.05) is 87.7 Å². The van der Waals surface area contributed by atoms with Gasteiger partial charge in [-0.2, -0.15) is 0 Å². The smallest absolute Gasteiger partial charge is 0.335 e. The lowest BCUT2D eigenvalue weighted by Crippen LogP contribution is -2.27. The van der Waals surface area contributed by atoms with E-state index in [2.05, 4.69) is 25.6 Å². The number of carboxylic acids is 1. The molecule has 1 atom stereocenters. The highest BCUT2D eigenvalue weighted by atomic mass is 79.9. The lowest BCUT2D eigenvalue weighted by molar-refractivity contribution is 0.0696. The van der Waals surface area contributed by atoms with Gasteiger partial charge in [-0.25, -0.2) is 22.9 Å². The first-order valence-electron chi connectivity index (χ1n) is 13.3. The third kappa shape index (κ3) is 8.29. The zero-order valence-electron chi connectivity index (χ0n) is 23.0. The molecule has 0 aliphatic heterocycles. The molecule has 1 heterocycles. The number of rotatable bonds is 11. The normalized spacial score (nSPS) is 12.5. The minimum Gasteiger partial charge on any atom is -0.478 e. The highest BCUT2D eigenvalue weighted by molar-refractivity contribution is 9.10. The van der Waals surface area contributed by atoms with Crippen LogP contribution >= 0.6 is 50.9 Å². The molecule has 0 aliphatic carbocycles. The van der Waals surface area contributed by atoms with Gasteiger partial charge < -0.3 is 5.11 Å². The topological polar surface area (TPSA) is 96.4 Å². The first kappa shape index (κ1) is 32.2. The fourth-order valence-electron chi connectivity index (χ4n) is 4.39. The Labute approximate surface area is 278 Å². The molecule has 5 aromatic rings. The van der Waals surface area contributed by atoms with Crippen LogP contribution in [-0.2, 0) is 15.8 Å². The second kappa shape index (κ2) is 14.3. The van der Waals surface area contributed by atoms with Crippen LogP contribution in [0.5, 0.6) is 0 Å². The minimum absolute atomic E-state index is 0.124. The summed E-state index contributed by atoms with van der Waals surface area (Å²) >= 11 is 17.1. The van der Waals surface area contributed by atoms with Crippen LogP contribution < -0.4 is 4.72 Å². The third-order valence-corrected chi connectivity index (χ3v) is 10.7. The van der Waals surface area contributed by atoms with Crippen LogP contribution in [0.1, 0.15) is 38.0 Å². The molecule has 6 nitrogen and oxygen atoms in total. The van der Waals surface area contributed by atoms with Crippen molar-refractivity contribution >= 4 is 89.9 Å². The molecule has 0 saturated heterocycles. The molecule has 0 amide bonds. The largest absolute Gasteiger partial charge is 0.478 e. The van der Waals surface area contributed by atoms with E-state index in [9.17, 15) is 18.3 Å². The summed E-state index contributed by atoms with van der Waals surface area (Å²) in [7, 11) is -3.79. The number of pyridine rings is 1. The highest BCUT2D eigenvalue weighted by Crippen LogP contribution is 2.34. The van der Waals surface area contributed by atoms with Crippen LogP contribution in [0.15, 0.2) is 106 Å². The van der Waals surface area contributed by atoms with E-state index in [1.807, 2.05) is 66.7 Å². The van der Waals surface area contributed by atoms with Gasteiger partial charge >= 0.3 is 5.97 Å². The lowest BCUT2D eigenvalue weighted by Gasteiger charge is -2.19. The zero-order valence-corrected chi connectivity index (χ0v) is 27.7. The summed E-state index contributed by atoms with van der Waals surface area (Å²) in [6.45, 7) is 0.126. The Balaban J connectivity index is 1.39. The van der Waals surface area contributed by atoms with Crippen molar-refractivity contribution in [2.24, 2.45) is 0 Å².